The molecule has 0 fully saturated rings. The standard InChI is InChI=1S/C9H9ClO2/c1-7-4-2-3-5-8(7)12-9(11)6-10/h2-5H,6H2,1H3. The van der Waals surface area contributed by atoms with Crippen LogP contribution in [0.5, 0.6) is 5.75 Å². The van der Waals surface area contributed by atoms with Crippen LogP contribution in [0.2, 0.25) is 0 Å². The first-order valence-corrected chi connectivity index (χ1v) is 4.10. The predicted octanol–water partition coefficient (Wildman–Crippen LogP) is 2.14. The first-order valence-electron chi connectivity index (χ1n) is 3.56. The van der Waals surface area contributed by atoms with Crippen molar-refractivity contribution in [3.05, 3.63) is 29.8 Å². The van der Waals surface area contributed by atoms with Gasteiger partial charge in [0.2, 0.25) is 0 Å². The highest BCUT2D eigenvalue weighted by Gasteiger charge is 2.03. The van der Waals surface area contributed by atoms with Crippen LogP contribution in [-0.4, -0.2) is 11.8 Å². The molecule has 0 aliphatic rings. The van der Waals surface area contributed by atoms with Gasteiger partial charge in [-0.1, -0.05) is 18.2 Å². The molecule has 64 valence electrons. The van der Waals surface area contributed by atoms with Gasteiger partial charge in [0.15, 0.2) is 0 Å². The smallest absolute Gasteiger partial charge is 0.326 e. The van der Waals surface area contributed by atoms with E-state index in [9.17, 15) is 4.79 Å². The normalized spacial score (nSPS) is 9.50. The zero-order valence-corrected chi connectivity index (χ0v) is 7.47. The molecule has 0 bridgehead atoms. The molecule has 3 heteroatoms. The zero-order chi connectivity index (χ0) is 8.97. The van der Waals surface area contributed by atoms with E-state index in [1.165, 1.54) is 0 Å². The summed E-state index contributed by atoms with van der Waals surface area (Å²) in [4.78, 5) is 10.8. The summed E-state index contributed by atoms with van der Waals surface area (Å²) >= 11 is 5.28. The molecule has 0 amide bonds. The Balaban J connectivity index is 2.75. The summed E-state index contributed by atoms with van der Waals surface area (Å²) in [5.41, 5.74) is 0.927. The van der Waals surface area contributed by atoms with Crippen molar-refractivity contribution in [2.45, 2.75) is 6.92 Å². The predicted molar refractivity (Wildman–Crippen MR) is 47.5 cm³/mol. The second-order valence-electron chi connectivity index (χ2n) is 2.37. The van der Waals surface area contributed by atoms with E-state index in [4.69, 9.17) is 16.3 Å². The van der Waals surface area contributed by atoms with E-state index in [1.54, 1.807) is 6.07 Å². The lowest BCUT2D eigenvalue weighted by atomic mass is 10.2. The number of rotatable bonds is 2. The van der Waals surface area contributed by atoms with Crippen LogP contribution in [0.25, 0.3) is 0 Å². The average Bonchev–Trinajstić information content (AvgIpc) is 2.09. The van der Waals surface area contributed by atoms with E-state index in [2.05, 4.69) is 0 Å². The molecule has 2 nitrogen and oxygen atoms in total. The van der Waals surface area contributed by atoms with Crippen molar-refractivity contribution in [3.8, 4) is 5.75 Å². The summed E-state index contributed by atoms with van der Waals surface area (Å²) in [5, 5.41) is 0. The maximum Gasteiger partial charge on any atom is 0.326 e. The molecule has 1 aromatic rings. The molecule has 0 saturated heterocycles. The van der Waals surface area contributed by atoms with Gasteiger partial charge in [-0.3, -0.25) is 4.79 Å². The highest BCUT2D eigenvalue weighted by atomic mass is 35.5. The number of benzene rings is 1. The summed E-state index contributed by atoms with van der Waals surface area (Å²) in [6.45, 7) is 1.87. The monoisotopic (exact) mass is 184 g/mol. The largest absolute Gasteiger partial charge is 0.425 e. The third-order valence-electron chi connectivity index (χ3n) is 1.43. The van der Waals surface area contributed by atoms with Crippen molar-refractivity contribution in [1.29, 1.82) is 0 Å². The van der Waals surface area contributed by atoms with Crippen LogP contribution < -0.4 is 4.74 Å². The number of aryl methyl sites for hydroxylation is 1. The molecule has 12 heavy (non-hydrogen) atoms. The van der Waals surface area contributed by atoms with Crippen LogP contribution in [-0.2, 0) is 4.79 Å². The molecule has 0 heterocycles. The molecular formula is C9H9ClO2. The number of esters is 1. The molecule has 0 aliphatic carbocycles. The highest BCUT2D eigenvalue weighted by Crippen LogP contribution is 2.16. The minimum atomic E-state index is -0.425. The lowest BCUT2D eigenvalue weighted by Crippen LogP contribution is -2.09. The van der Waals surface area contributed by atoms with Gasteiger partial charge in [-0.25, -0.2) is 0 Å². The number of halogens is 1. The second-order valence-corrected chi connectivity index (χ2v) is 2.64. The number of hydrogen-bond acceptors (Lipinski definition) is 2. The molecule has 0 aliphatic heterocycles. The summed E-state index contributed by atoms with van der Waals surface area (Å²) in [6, 6.07) is 7.30. The van der Waals surface area contributed by atoms with Gasteiger partial charge in [-0.15, -0.1) is 11.6 Å². The minimum absolute atomic E-state index is 0.117. The van der Waals surface area contributed by atoms with Crippen LogP contribution in [0, 0.1) is 6.92 Å². The fourth-order valence-corrected chi connectivity index (χ4v) is 0.875. The number of carbonyl (C=O) groups is 1. The Bertz CT molecular complexity index is 284. The quantitative estimate of drug-likeness (QED) is 0.400. The number of para-hydroxylation sites is 1. The third-order valence-corrected chi connectivity index (χ3v) is 1.64. The van der Waals surface area contributed by atoms with E-state index in [0.29, 0.717) is 5.75 Å². The lowest BCUT2D eigenvalue weighted by molar-refractivity contribution is -0.131. The third kappa shape index (κ3) is 2.24. The summed E-state index contributed by atoms with van der Waals surface area (Å²) in [5.74, 6) is 0.0306. The first-order chi connectivity index (χ1) is 5.74. The summed E-state index contributed by atoms with van der Waals surface area (Å²) in [6.07, 6.45) is 0. The number of hydrogen-bond donors (Lipinski definition) is 0. The van der Waals surface area contributed by atoms with Crippen molar-refractivity contribution in [2.24, 2.45) is 0 Å². The Morgan fingerprint density at radius 1 is 1.50 bits per heavy atom. The molecule has 1 aromatic carbocycles. The molecule has 1 rings (SSSR count). The molecule has 0 N–H and O–H groups in total. The topological polar surface area (TPSA) is 26.3 Å². The van der Waals surface area contributed by atoms with E-state index in [-0.39, 0.29) is 5.88 Å². The lowest BCUT2D eigenvalue weighted by Gasteiger charge is -2.03. The van der Waals surface area contributed by atoms with Gasteiger partial charge >= 0.3 is 5.97 Å². The number of ether oxygens (including phenoxy) is 1. The summed E-state index contributed by atoms with van der Waals surface area (Å²) in [7, 11) is 0. The molecular weight excluding hydrogens is 176 g/mol. The SMILES string of the molecule is Cc1ccccc1OC(=O)CCl. The molecule has 0 aromatic heterocycles. The minimum Gasteiger partial charge on any atom is -0.425 e. The van der Waals surface area contributed by atoms with Gasteiger partial charge in [-0.05, 0) is 18.6 Å². The zero-order valence-electron chi connectivity index (χ0n) is 6.71. The molecule has 0 radical (unpaired) electrons. The van der Waals surface area contributed by atoms with Crippen LogP contribution in [0.3, 0.4) is 0 Å². The van der Waals surface area contributed by atoms with Crippen molar-refractivity contribution in [1.82, 2.24) is 0 Å². The van der Waals surface area contributed by atoms with Gasteiger partial charge < -0.3 is 4.74 Å². The molecule has 0 atom stereocenters. The molecule has 0 spiro atoms. The highest BCUT2D eigenvalue weighted by molar-refractivity contribution is 6.26. The number of carbonyl (C=O) groups excluding carboxylic acids is 1. The Morgan fingerprint density at radius 3 is 2.75 bits per heavy atom. The van der Waals surface area contributed by atoms with Gasteiger partial charge in [0.05, 0.1) is 0 Å². The van der Waals surface area contributed by atoms with Gasteiger partial charge in [0, 0.05) is 0 Å². The van der Waals surface area contributed by atoms with Crippen LogP contribution in [0.15, 0.2) is 24.3 Å². The van der Waals surface area contributed by atoms with Crippen LogP contribution in [0.4, 0.5) is 0 Å². The maximum atomic E-state index is 10.8. The fourth-order valence-electron chi connectivity index (χ4n) is 0.821. The van der Waals surface area contributed by atoms with E-state index >= 15 is 0 Å². The van der Waals surface area contributed by atoms with Crippen LogP contribution >= 0.6 is 11.6 Å². The maximum absolute atomic E-state index is 10.8. The fraction of sp³-hybridized carbons (Fsp3) is 0.222. The Morgan fingerprint density at radius 2 is 2.17 bits per heavy atom. The first kappa shape index (κ1) is 9.07. The summed E-state index contributed by atoms with van der Waals surface area (Å²) < 4.78 is 4.92. The Labute approximate surface area is 76.1 Å². The van der Waals surface area contributed by atoms with Crippen molar-refractivity contribution in [3.63, 3.8) is 0 Å². The van der Waals surface area contributed by atoms with Crippen LogP contribution in [0.1, 0.15) is 5.56 Å². The van der Waals surface area contributed by atoms with Crippen molar-refractivity contribution >= 4 is 17.6 Å². The van der Waals surface area contributed by atoms with E-state index < -0.39 is 5.97 Å². The van der Waals surface area contributed by atoms with Crippen molar-refractivity contribution in [2.75, 3.05) is 5.88 Å². The molecule has 0 unspecified atom stereocenters. The van der Waals surface area contributed by atoms with Gasteiger partial charge in [-0.2, -0.15) is 0 Å². The van der Waals surface area contributed by atoms with Gasteiger partial charge in [0.1, 0.15) is 11.6 Å². The number of alkyl halides is 1. The van der Waals surface area contributed by atoms with Gasteiger partial charge in [0.25, 0.3) is 0 Å². The average molecular weight is 185 g/mol. The Hall–Kier alpha value is -1.02. The van der Waals surface area contributed by atoms with E-state index in [1.807, 2.05) is 25.1 Å². The second kappa shape index (κ2) is 4.12. The van der Waals surface area contributed by atoms with Crippen molar-refractivity contribution < 1.29 is 9.53 Å². The van der Waals surface area contributed by atoms with E-state index in [0.717, 1.165) is 5.56 Å². The molecule has 0 saturated carbocycles. The Kier molecular flexibility index (Phi) is 3.11.